The molecule has 0 amide bonds. The molecule has 4 nitrogen and oxygen atoms in total. The summed E-state index contributed by atoms with van der Waals surface area (Å²) in [4.78, 5) is 24.3. The zero-order valence-electron chi connectivity index (χ0n) is 11.3. The number of anilines is 1. The third kappa shape index (κ3) is 2.73. The maximum atomic E-state index is 12.4. The molecule has 0 fully saturated rings. The van der Waals surface area contributed by atoms with E-state index in [-0.39, 0.29) is 10.4 Å². The zero-order valence-corrected chi connectivity index (χ0v) is 12.1. The lowest BCUT2D eigenvalue weighted by Gasteiger charge is -2.06. The van der Waals surface area contributed by atoms with Gasteiger partial charge in [0.15, 0.2) is 0 Å². The van der Waals surface area contributed by atoms with Gasteiger partial charge in [0.1, 0.15) is 0 Å². The van der Waals surface area contributed by atoms with Crippen LogP contribution in [0.15, 0.2) is 58.1 Å². The van der Waals surface area contributed by atoms with E-state index in [1.165, 1.54) is 4.57 Å². The minimum Gasteiger partial charge on any atom is -0.399 e. The van der Waals surface area contributed by atoms with Crippen molar-refractivity contribution >= 4 is 27.1 Å². The molecule has 0 aliphatic heterocycles. The highest BCUT2D eigenvalue weighted by atomic mass is 32.1. The Kier molecular flexibility index (Phi) is 3.58. The second-order valence-corrected chi connectivity index (χ2v) is 5.81. The van der Waals surface area contributed by atoms with Crippen molar-refractivity contribution in [2.24, 2.45) is 0 Å². The number of nitrogen functional groups attached to an aromatic ring is 1. The van der Waals surface area contributed by atoms with Gasteiger partial charge in [-0.1, -0.05) is 35.6 Å². The fraction of sp³-hybridized carbons (Fsp3) is 0.125. The average Bonchev–Trinajstić information content (AvgIpc) is 2.49. The number of nitrogens with two attached hydrogens (primary N) is 1. The van der Waals surface area contributed by atoms with Crippen LogP contribution in [0.4, 0.5) is 5.69 Å². The van der Waals surface area contributed by atoms with Crippen LogP contribution in [0.2, 0.25) is 0 Å². The van der Waals surface area contributed by atoms with Crippen LogP contribution in [-0.2, 0) is 13.0 Å². The van der Waals surface area contributed by atoms with E-state index in [1.54, 1.807) is 12.1 Å². The van der Waals surface area contributed by atoms with Crippen molar-refractivity contribution in [3.63, 3.8) is 0 Å². The maximum Gasteiger partial charge on any atom is 0.310 e. The summed E-state index contributed by atoms with van der Waals surface area (Å²) in [5.41, 5.74) is 7.17. The van der Waals surface area contributed by atoms with E-state index in [1.807, 2.05) is 36.4 Å². The molecular weight excluding hydrogens is 284 g/mol. The monoisotopic (exact) mass is 298 g/mol. The number of benzene rings is 2. The Bertz CT molecular complexity index is 895. The van der Waals surface area contributed by atoms with E-state index < -0.39 is 0 Å². The molecule has 2 N–H and O–H groups in total. The molecule has 3 aromatic rings. The lowest BCUT2D eigenvalue weighted by atomic mass is 10.1. The van der Waals surface area contributed by atoms with Gasteiger partial charge in [-0.05, 0) is 36.2 Å². The first-order chi connectivity index (χ1) is 10.1. The summed E-state index contributed by atoms with van der Waals surface area (Å²) in [6.07, 6.45) is 0.625. The highest BCUT2D eigenvalue weighted by Gasteiger charge is 2.07. The number of rotatable bonds is 3. The maximum absolute atomic E-state index is 12.4. The number of aromatic nitrogens is 1. The zero-order chi connectivity index (χ0) is 14.8. The van der Waals surface area contributed by atoms with Crippen LogP contribution >= 0.6 is 11.3 Å². The molecular formula is C16H14N2O2S. The predicted octanol–water partition coefficient (Wildman–Crippen LogP) is 2.25. The second kappa shape index (κ2) is 5.54. The number of fused-ring (bicyclic) bond motifs is 1. The van der Waals surface area contributed by atoms with Gasteiger partial charge in [0.25, 0.3) is 5.56 Å². The normalized spacial score (nSPS) is 10.9. The first kappa shape index (κ1) is 13.6. The molecule has 0 unspecified atom stereocenters. The Balaban J connectivity index is 1.95. The summed E-state index contributed by atoms with van der Waals surface area (Å²) >= 11 is 1.11. The summed E-state index contributed by atoms with van der Waals surface area (Å²) in [6.45, 7) is 0.378. The van der Waals surface area contributed by atoms with E-state index in [2.05, 4.69) is 0 Å². The molecule has 21 heavy (non-hydrogen) atoms. The fourth-order valence-corrected chi connectivity index (χ4v) is 3.11. The molecule has 0 aliphatic carbocycles. The summed E-state index contributed by atoms with van der Waals surface area (Å²) in [5.74, 6) is 0. The Labute approximate surface area is 125 Å². The van der Waals surface area contributed by atoms with Crippen LogP contribution in [0.5, 0.6) is 0 Å². The van der Waals surface area contributed by atoms with Crippen molar-refractivity contribution < 1.29 is 0 Å². The van der Waals surface area contributed by atoms with Gasteiger partial charge in [0.05, 0.1) is 5.39 Å². The molecule has 0 spiro atoms. The summed E-state index contributed by atoms with van der Waals surface area (Å²) in [7, 11) is 0. The smallest absolute Gasteiger partial charge is 0.310 e. The highest BCUT2D eigenvalue weighted by Crippen LogP contribution is 2.11. The lowest BCUT2D eigenvalue weighted by Crippen LogP contribution is -2.31. The van der Waals surface area contributed by atoms with Gasteiger partial charge in [-0.15, -0.1) is 0 Å². The van der Waals surface area contributed by atoms with Gasteiger partial charge < -0.3 is 5.73 Å². The van der Waals surface area contributed by atoms with Crippen LogP contribution in [0.3, 0.4) is 0 Å². The van der Waals surface area contributed by atoms with Crippen molar-refractivity contribution in [2.45, 2.75) is 13.0 Å². The average molecular weight is 298 g/mol. The van der Waals surface area contributed by atoms with Crippen molar-refractivity contribution in [1.29, 1.82) is 0 Å². The Morgan fingerprint density at radius 1 is 1.00 bits per heavy atom. The van der Waals surface area contributed by atoms with Crippen molar-refractivity contribution in [3.8, 4) is 0 Å². The summed E-state index contributed by atoms with van der Waals surface area (Å²) < 4.78 is 2.04. The number of aryl methyl sites for hydroxylation is 1. The van der Waals surface area contributed by atoms with Gasteiger partial charge in [-0.2, -0.15) is 0 Å². The Morgan fingerprint density at radius 3 is 2.48 bits per heavy atom. The van der Waals surface area contributed by atoms with E-state index in [0.29, 0.717) is 24.0 Å². The second-order valence-electron chi connectivity index (χ2n) is 4.81. The molecule has 1 aromatic heterocycles. The van der Waals surface area contributed by atoms with Gasteiger partial charge in [-0.3, -0.25) is 14.2 Å². The minimum absolute atomic E-state index is 0.214. The van der Waals surface area contributed by atoms with Crippen LogP contribution in [0, 0.1) is 0 Å². The molecule has 1 heterocycles. The molecule has 0 aliphatic rings. The summed E-state index contributed by atoms with van der Waals surface area (Å²) in [5, 5.41) is 0.597. The van der Waals surface area contributed by atoms with Gasteiger partial charge in [0, 0.05) is 16.9 Å². The molecule has 106 valence electrons. The summed E-state index contributed by atoms with van der Waals surface area (Å²) in [6, 6.07) is 14.7. The number of hydrogen-bond donors (Lipinski definition) is 1. The first-order valence-electron chi connectivity index (χ1n) is 6.62. The molecule has 0 bridgehead atoms. The lowest BCUT2D eigenvalue weighted by molar-refractivity contribution is 0.664. The van der Waals surface area contributed by atoms with E-state index in [4.69, 9.17) is 5.73 Å². The molecule has 0 saturated carbocycles. The third-order valence-corrected chi connectivity index (χ3v) is 4.35. The minimum atomic E-state index is -0.218. The van der Waals surface area contributed by atoms with Crippen LogP contribution in [0.1, 0.15) is 5.56 Å². The standard InChI is InChI=1S/C16H14N2O2S/c17-12-7-5-11(6-8-12)9-10-18-15(19)13-3-1-2-4-14(13)21-16(18)20/h1-8H,9-10,17H2. The molecule has 0 atom stereocenters. The SMILES string of the molecule is Nc1ccc(CCn2c(=O)sc3ccccc3c2=O)cc1. The first-order valence-corrected chi connectivity index (χ1v) is 7.44. The van der Waals surface area contributed by atoms with Crippen LogP contribution in [0.25, 0.3) is 10.1 Å². The Morgan fingerprint density at radius 2 is 1.71 bits per heavy atom. The molecule has 0 radical (unpaired) electrons. The van der Waals surface area contributed by atoms with E-state index in [9.17, 15) is 9.59 Å². The molecule has 3 rings (SSSR count). The van der Waals surface area contributed by atoms with Crippen LogP contribution < -0.4 is 16.2 Å². The molecule has 5 heteroatoms. The topological polar surface area (TPSA) is 65.1 Å². The van der Waals surface area contributed by atoms with Crippen molar-refractivity contribution in [3.05, 3.63) is 74.1 Å². The largest absolute Gasteiger partial charge is 0.399 e. The molecule has 2 aromatic carbocycles. The van der Waals surface area contributed by atoms with Gasteiger partial charge in [-0.25, -0.2) is 0 Å². The van der Waals surface area contributed by atoms with Gasteiger partial charge >= 0.3 is 4.87 Å². The van der Waals surface area contributed by atoms with Crippen LogP contribution in [-0.4, -0.2) is 4.57 Å². The van der Waals surface area contributed by atoms with Crippen molar-refractivity contribution in [1.82, 2.24) is 4.57 Å². The van der Waals surface area contributed by atoms with E-state index >= 15 is 0 Å². The number of nitrogens with zero attached hydrogens (tertiary/aromatic N) is 1. The van der Waals surface area contributed by atoms with E-state index in [0.717, 1.165) is 21.6 Å². The highest BCUT2D eigenvalue weighted by molar-refractivity contribution is 7.16. The number of hydrogen-bond acceptors (Lipinski definition) is 4. The Hall–Kier alpha value is -2.40. The fourth-order valence-electron chi connectivity index (χ4n) is 2.23. The quantitative estimate of drug-likeness (QED) is 0.754. The molecule has 0 saturated heterocycles. The predicted molar refractivity (Wildman–Crippen MR) is 86.9 cm³/mol. The van der Waals surface area contributed by atoms with Crippen molar-refractivity contribution in [2.75, 3.05) is 5.73 Å². The third-order valence-electron chi connectivity index (χ3n) is 3.38. The van der Waals surface area contributed by atoms with Gasteiger partial charge in [0.2, 0.25) is 0 Å².